The molecule has 5 nitrogen and oxygen atoms in total. The first kappa shape index (κ1) is 18.0. The largest absolute Gasteiger partial charge is 0.323 e. The molecule has 0 aliphatic heterocycles. The van der Waals surface area contributed by atoms with E-state index in [9.17, 15) is 4.79 Å². The van der Waals surface area contributed by atoms with Crippen molar-refractivity contribution in [3.63, 3.8) is 0 Å². The van der Waals surface area contributed by atoms with Crippen molar-refractivity contribution in [3.05, 3.63) is 103 Å². The van der Waals surface area contributed by atoms with Gasteiger partial charge in [0.1, 0.15) is 5.25 Å². The van der Waals surface area contributed by atoms with E-state index in [1.54, 1.807) is 17.1 Å². The summed E-state index contributed by atoms with van der Waals surface area (Å²) in [5.74, 6) is 0.606. The number of pyridine rings is 1. The smallest absolute Gasteiger partial charge is 0.242 e. The van der Waals surface area contributed by atoms with Crippen LogP contribution in [0.1, 0.15) is 10.8 Å². The predicted octanol–water partition coefficient (Wildman–Crippen LogP) is 4.74. The predicted molar refractivity (Wildman–Crippen MR) is 111 cm³/mol. The number of aromatic nitrogens is 3. The Morgan fingerprint density at radius 2 is 1.68 bits per heavy atom. The number of anilines is 1. The van der Waals surface area contributed by atoms with E-state index in [1.807, 2.05) is 85.1 Å². The van der Waals surface area contributed by atoms with Crippen molar-refractivity contribution >= 4 is 23.4 Å². The number of thioether (sulfide) groups is 1. The zero-order valence-electron chi connectivity index (χ0n) is 15.0. The lowest BCUT2D eigenvalue weighted by atomic mass is 10.1. The molecule has 1 unspecified atom stereocenters. The first-order chi connectivity index (χ1) is 13.8. The van der Waals surface area contributed by atoms with E-state index in [0.717, 1.165) is 10.5 Å². The number of benzene rings is 2. The highest BCUT2D eigenvalue weighted by Crippen LogP contribution is 2.36. The molecule has 0 bridgehead atoms. The maximum absolute atomic E-state index is 13.1. The van der Waals surface area contributed by atoms with E-state index in [0.29, 0.717) is 11.5 Å². The van der Waals surface area contributed by atoms with Crippen LogP contribution in [0, 0.1) is 0 Å². The number of carbonyl (C=O) groups excluding carboxylic acids is 1. The molecule has 0 saturated carbocycles. The Labute approximate surface area is 167 Å². The molecule has 0 aliphatic carbocycles. The van der Waals surface area contributed by atoms with Gasteiger partial charge < -0.3 is 5.32 Å². The van der Waals surface area contributed by atoms with Crippen LogP contribution in [-0.4, -0.2) is 20.7 Å². The molecule has 28 heavy (non-hydrogen) atoms. The molecule has 1 amide bonds. The molecule has 0 aliphatic rings. The second kappa shape index (κ2) is 8.54. The molecule has 1 N–H and O–H groups in total. The fourth-order valence-corrected chi connectivity index (χ4v) is 3.79. The second-order valence-corrected chi connectivity index (χ2v) is 7.25. The summed E-state index contributed by atoms with van der Waals surface area (Å²) in [6.45, 7) is 0. The summed E-state index contributed by atoms with van der Waals surface area (Å²) >= 11 is 1.52. The van der Waals surface area contributed by atoms with Crippen molar-refractivity contribution in [2.45, 2.75) is 10.1 Å². The molecule has 2 aromatic carbocycles. The molecule has 0 spiro atoms. The summed E-state index contributed by atoms with van der Waals surface area (Å²) in [7, 11) is 0. The van der Waals surface area contributed by atoms with E-state index >= 15 is 0 Å². The van der Waals surface area contributed by atoms with Gasteiger partial charge in [0.05, 0.1) is 11.9 Å². The lowest BCUT2D eigenvalue weighted by Gasteiger charge is -2.17. The number of nitrogens with zero attached hydrogens (tertiary/aromatic N) is 3. The Bertz CT molecular complexity index is 1020. The summed E-state index contributed by atoms with van der Waals surface area (Å²) in [6.07, 6.45) is 5.16. The molecule has 0 radical (unpaired) electrons. The van der Waals surface area contributed by atoms with E-state index < -0.39 is 0 Å². The van der Waals surface area contributed by atoms with Gasteiger partial charge in [-0.15, -0.1) is 11.8 Å². The average Bonchev–Trinajstić information content (AvgIpc) is 3.29. The van der Waals surface area contributed by atoms with Gasteiger partial charge >= 0.3 is 0 Å². The Kier molecular flexibility index (Phi) is 5.49. The monoisotopic (exact) mass is 386 g/mol. The van der Waals surface area contributed by atoms with Crippen molar-refractivity contribution in [2.75, 3.05) is 5.32 Å². The number of rotatable bonds is 6. The third-order valence-corrected chi connectivity index (χ3v) is 5.36. The Balaban J connectivity index is 1.53. The van der Waals surface area contributed by atoms with Crippen molar-refractivity contribution in [3.8, 4) is 5.82 Å². The van der Waals surface area contributed by atoms with Crippen LogP contribution in [0.5, 0.6) is 0 Å². The van der Waals surface area contributed by atoms with E-state index in [4.69, 9.17) is 0 Å². The minimum atomic E-state index is -0.366. The molecule has 2 aromatic heterocycles. The third-order valence-electron chi connectivity index (χ3n) is 4.09. The second-order valence-electron chi connectivity index (χ2n) is 6.07. The summed E-state index contributed by atoms with van der Waals surface area (Å²) in [4.78, 5) is 18.5. The molecule has 1 atom stereocenters. The summed E-state index contributed by atoms with van der Waals surface area (Å²) in [5, 5.41) is 6.77. The quantitative estimate of drug-likeness (QED) is 0.486. The maximum atomic E-state index is 13.1. The van der Waals surface area contributed by atoms with E-state index in [2.05, 4.69) is 15.4 Å². The topological polar surface area (TPSA) is 59.8 Å². The Morgan fingerprint density at radius 3 is 2.32 bits per heavy atom. The molecular formula is C22H18N4OS. The first-order valence-electron chi connectivity index (χ1n) is 8.83. The maximum Gasteiger partial charge on any atom is 0.242 e. The fraction of sp³-hybridized carbons (Fsp3) is 0.0455. The van der Waals surface area contributed by atoms with Crippen molar-refractivity contribution < 1.29 is 4.79 Å². The third kappa shape index (κ3) is 4.29. The molecule has 138 valence electrons. The average molecular weight is 386 g/mol. The van der Waals surface area contributed by atoms with Crippen LogP contribution < -0.4 is 5.32 Å². The van der Waals surface area contributed by atoms with Gasteiger partial charge in [-0.2, -0.15) is 5.10 Å². The van der Waals surface area contributed by atoms with Crippen LogP contribution in [0.3, 0.4) is 0 Å². The van der Waals surface area contributed by atoms with Crippen LogP contribution in [-0.2, 0) is 4.79 Å². The van der Waals surface area contributed by atoms with Crippen molar-refractivity contribution in [2.24, 2.45) is 0 Å². The van der Waals surface area contributed by atoms with Gasteiger partial charge in [0.25, 0.3) is 0 Å². The molecule has 0 saturated heterocycles. The Morgan fingerprint density at radius 1 is 0.929 bits per heavy atom. The molecular weight excluding hydrogens is 368 g/mol. The molecule has 0 fully saturated rings. The summed E-state index contributed by atoms with van der Waals surface area (Å²) in [6, 6.07) is 25.2. The SMILES string of the molecule is O=C(Nc1ccc(-n2cccn2)nc1)C(Sc1ccccc1)c1ccccc1. The van der Waals surface area contributed by atoms with Crippen LogP contribution in [0.2, 0.25) is 0 Å². The fourth-order valence-electron chi connectivity index (χ4n) is 2.74. The summed E-state index contributed by atoms with van der Waals surface area (Å²) in [5.41, 5.74) is 1.60. The van der Waals surface area contributed by atoms with Gasteiger partial charge in [0.15, 0.2) is 5.82 Å². The van der Waals surface area contributed by atoms with Crippen LogP contribution >= 0.6 is 11.8 Å². The highest BCUT2D eigenvalue weighted by molar-refractivity contribution is 8.00. The zero-order valence-corrected chi connectivity index (χ0v) is 15.8. The molecule has 4 aromatic rings. The highest BCUT2D eigenvalue weighted by atomic mass is 32.2. The minimum absolute atomic E-state index is 0.0892. The molecule has 6 heteroatoms. The Hall–Kier alpha value is -3.38. The number of hydrogen-bond acceptors (Lipinski definition) is 4. The van der Waals surface area contributed by atoms with Gasteiger partial charge in [-0.1, -0.05) is 48.5 Å². The van der Waals surface area contributed by atoms with Gasteiger partial charge in [-0.25, -0.2) is 9.67 Å². The number of carbonyl (C=O) groups is 1. The van der Waals surface area contributed by atoms with E-state index in [1.165, 1.54) is 11.8 Å². The molecule has 4 rings (SSSR count). The highest BCUT2D eigenvalue weighted by Gasteiger charge is 2.22. The standard InChI is InChI=1S/C22H18N4OS/c27-22(25-18-12-13-20(23-16-18)26-15-7-14-24-26)21(17-8-3-1-4-9-17)28-19-10-5-2-6-11-19/h1-16,21H,(H,25,27). The van der Waals surface area contributed by atoms with Gasteiger partial charge in [-0.05, 0) is 35.9 Å². The lowest BCUT2D eigenvalue weighted by molar-refractivity contribution is -0.115. The number of amides is 1. The van der Waals surface area contributed by atoms with Crippen LogP contribution in [0.15, 0.2) is 102 Å². The molecule has 2 heterocycles. The van der Waals surface area contributed by atoms with Crippen LogP contribution in [0.25, 0.3) is 5.82 Å². The van der Waals surface area contributed by atoms with Gasteiger partial charge in [-0.3, -0.25) is 4.79 Å². The van der Waals surface area contributed by atoms with Crippen molar-refractivity contribution in [1.29, 1.82) is 0 Å². The summed E-state index contributed by atoms with van der Waals surface area (Å²) < 4.78 is 1.67. The van der Waals surface area contributed by atoms with Crippen molar-refractivity contribution in [1.82, 2.24) is 14.8 Å². The van der Waals surface area contributed by atoms with Gasteiger partial charge in [0.2, 0.25) is 5.91 Å². The number of nitrogens with one attached hydrogen (secondary N) is 1. The lowest BCUT2D eigenvalue weighted by Crippen LogP contribution is -2.19. The van der Waals surface area contributed by atoms with Gasteiger partial charge in [0, 0.05) is 17.3 Å². The van der Waals surface area contributed by atoms with Crippen LogP contribution in [0.4, 0.5) is 5.69 Å². The van der Waals surface area contributed by atoms with E-state index in [-0.39, 0.29) is 11.2 Å². The number of hydrogen-bond donors (Lipinski definition) is 1. The first-order valence-corrected chi connectivity index (χ1v) is 9.71. The minimum Gasteiger partial charge on any atom is -0.323 e. The normalized spacial score (nSPS) is 11.7. The zero-order chi connectivity index (χ0) is 19.2.